The van der Waals surface area contributed by atoms with Crippen LogP contribution in [0.4, 0.5) is 5.69 Å². The van der Waals surface area contributed by atoms with Crippen molar-refractivity contribution in [3.05, 3.63) is 29.0 Å². The molecule has 0 saturated carbocycles. The Labute approximate surface area is 110 Å². The number of aromatic nitrogens is 2. The van der Waals surface area contributed by atoms with Gasteiger partial charge in [-0.15, -0.1) is 0 Å². The predicted octanol–water partition coefficient (Wildman–Crippen LogP) is 2.85. The lowest BCUT2D eigenvalue weighted by molar-refractivity contribution is 0.00973. The van der Waals surface area contributed by atoms with E-state index in [1.807, 2.05) is 13.8 Å². The zero-order chi connectivity index (χ0) is 13.3. The van der Waals surface area contributed by atoms with Crippen LogP contribution in [0.25, 0.3) is 11.5 Å². The number of hydrogen-bond donors (Lipinski definition) is 1. The number of methoxy groups -OCH3 is 1. The number of ether oxygens (including phenoxy) is 1. The zero-order valence-corrected chi connectivity index (χ0v) is 11.2. The van der Waals surface area contributed by atoms with Crippen molar-refractivity contribution >= 4 is 17.3 Å². The van der Waals surface area contributed by atoms with E-state index >= 15 is 0 Å². The SMILES string of the molecule is COC(C)(C)c1noc(-c2cc(N)cc(Cl)c2)n1. The van der Waals surface area contributed by atoms with Crippen LogP contribution in [0.3, 0.4) is 0 Å². The fourth-order valence-electron chi connectivity index (χ4n) is 1.41. The van der Waals surface area contributed by atoms with Crippen molar-refractivity contribution in [2.24, 2.45) is 0 Å². The summed E-state index contributed by atoms with van der Waals surface area (Å²) < 4.78 is 10.5. The summed E-state index contributed by atoms with van der Waals surface area (Å²) in [6, 6.07) is 5.10. The molecule has 1 aromatic heterocycles. The first-order valence-electron chi connectivity index (χ1n) is 5.38. The van der Waals surface area contributed by atoms with Gasteiger partial charge >= 0.3 is 0 Å². The number of nitrogen functional groups attached to an aromatic ring is 1. The molecule has 0 aliphatic rings. The number of nitrogens with zero attached hydrogens (tertiary/aromatic N) is 2. The molecule has 0 amide bonds. The van der Waals surface area contributed by atoms with E-state index in [0.717, 1.165) is 0 Å². The number of hydrogen-bond acceptors (Lipinski definition) is 5. The second-order valence-electron chi connectivity index (χ2n) is 4.41. The molecule has 2 rings (SSSR count). The molecule has 0 unspecified atom stereocenters. The lowest BCUT2D eigenvalue weighted by Gasteiger charge is -2.17. The highest BCUT2D eigenvalue weighted by atomic mass is 35.5. The van der Waals surface area contributed by atoms with E-state index in [4.69, 9.17) is 26.6 Å². The van der Waals surface area contributed by atoms with Gasteiger partial charge in [-0.3, -0.25) is 0 Å². The van der Waals surface area contributed by atoms with Gasteiger partial charge in [-0.25, -0.2) is 0 Å². The average Bonchev–Trinajstić information content (AvgIpc) is 2.77. The highest BCUT2D eigenvalue weighted by molar-refractivity contribution is 6.31. The minimum Gasteiger partial charge on any atom is -0.399 e. The molecule has 0 aliphatic carbocycles. The maximum absolute atomic E-state index is 5.93. The van der Waals surface area contributed by atoms with Gasteiger partial charge < -0.3 is 15.0 Å². The fourth-order valence-corrected chi connectivity index (χ4v) is 1.66. The maximum Gasteiger partial charge on any atom is 0.258 e. The Kier molecular flexibility index (Phi) is 3.28. The molecule has 96 valence electrons. The first-order valence-corrected chi connectivity index (χ1v) is 5.76. The molecule has 6 heteroatoms. The lowest BCUT2D eigenvalue weighted by atomic mass is 10.1. The Morgan fingerprint density at radius 3 is 2.67 bits per heavy atom. The summed E-state index contributed by atoms with van der Waals surface area (Å²) in [5.41, 5.74) is 6.34. The van der Waals surface area contributed by atoms with E-state index < -0.39 is 5.60 Å². The Balaban J connectivity index is 2.41. The van der Waals surface area contributed by atoms with Crippen LogP contribution < -0.4 is 5.73 Å². The van der Waals surface area contributed by atoms with Crippen LogP contribution in [-0.4, -0.2) is 17.3 Å². The third kappa shape index (κ3) is 2.47. The molecule has 2 N–H and O–H groups in total. The molecule has 0 radical (unpaired) electrons. The zero-order valence-electron chi connectivity index (χ0n) is 10.4. The van der Waals surface area contributed by atoms with E-state index in [-0.39, 0.29) is 0 Å². The molecular formula is C12H14ClN3O2. The summed E-state index contributed by atoms with van der Waals surface area (Å²) in [5.74, 6) is 0.836. The van der Waals surface area contributed by atoms with E-state index in [1.54, 1.807) is 25.3 Å². The van der Waals surface area contributed by atoms with Crippen LogP contribution in [0, 0.1) is 0 Å². The van der Waals surface area contributed by atoms with Gasteiger partial charge in [0.05, 0.1) is 0 Å². The number of halogens is 1. The van der Waals surface area contributed by atoms with E-state index in [2.05, 4.69) is 10.1 Å². The fraction of sp³-hybridized carbons (Fsp3) is 0.333. The Morgan fingerprint density at radius 1 is 1.33 bits per heavy atom. The molecule has 1 aromatic carbocycles. The van der Waals surface area contributed by atoms with Crippen molar-refractivity contribution in [1.82, 2.24) is 10.1 Å². The minimum absolute atomic E-state index is 0.365. The van der Waals surface area contributed by atoms with Gasteiger partial charge in [-0.1, -0.05) is 16.8 Å². The summed E-state index contributed by atoms with van der Waals surface area (Å²) >= 11 is 5.93. The molecule has 1 heterocycles. The molecule has 0 atom stereocenters. The highest BCUT2D eigenvalue weighted by Gasteiger charge is 2.26. The topological polar surface area (TPSA) is 74.2 Å². The minimum atomic E-state index is -0.605. The van der Waals surface area contributed by atoms with E-state index in [1.165, 1.54) is 0 Å². The molecular weight excluding hydrogens is 254 g/mol. The summed E-state index contributed by atoms with van der Waals surface area (Å²) in [7, 11) is 1.59. The van der Waals surface area contributed by atoms with Crippen molar-refractivity contribution in [2.75, 3.05) is 12.8 Å². The Morgan fingerprint density at radius 2 is 2.06 bits per heavy atom. The van der Waals surface area contributed by atoms with Crippen molar-refractivity contribution in [2.45, 2.75) is 19.4 Å². The summed E-state index contributed by atoms with van der Waals surface area (Å²) in [4.78, 5) is 4.29. The first-order chi connectivity index (χ1) is 8.42. The third-order valence-electron chi connectivity index (χ3n) is 2.64. The van der Waals surface area contributed by atoms with E-state index in [9.17, 15) is 0 Å². The largest absolute Gasteiger partial charge is 0.399 e. The second kappa shape index (κ2) is 4.59. The molecule has 18 heavy (non-hydrogen) atoms. The number of benzene rings is 1. The quantitative estimate of drug-likeness (QED) is 0.866. The van der Waals surface area contributed by atoms with Crippen LogP contribution in [0.15, 0.2) is 22.7 Å². The van der Waals surface area contributed by atoms with Crippen LogP contribution >= 0.6 is 11.6 Å². The van der Waals surface area contributed by atoms with Gasteiger partial charge in [0.1, 0.15) is 5.60 Å². The van der Waals surface area contributed by atoms with Gasteiger partial charge in [-0.05, 0) is 32.0 Å². The van der Waals surface area contributed by atoms with Crippen molar-refractivity contribution in [3.63, 3.8) is 0 Å². The monoisotopic (exact) mass is 267 g/mol. The van der Waals surface area contributed by atoms with Crippen molar-refractivity contribution in [1.29, 1.82) is 0 Å². The van der Waals surface area contributed by atoms with Crippen LogP contribution in [0.2, 0.25) is 5.02 Å². The lowest BCUT2D eigenvalue weighted by Crippen LogP contribution is -2.21. The van der Waals surface area contributed by atoms with Gasteiger partial charge in [0, 0.05) is 23.4 Å². The summed E-state index contributed by atoms with van der Waals surface area (Å²) in [5, 5.41) is 4.42. The average molecular weight is 268 g/mol. The van der Waals surface area contributed by atoms with Gasteiger partial charge in [0.25, 0.3) is 5.89 Å². The molecule has 0 fully saturated rings. The highest BCUT2D eigenvalue weighted by Crippen LogP contribution is 2.27. The normalized spacial score (nSPS) is 11.8. The molecule has 0 saturated heterocycles. The van der Waals surface area contributed by atoms with Crippen molar-refractivity contribution < 1.29 is 9.26 Å². The van der Waals surface area contributed by atoms with Gasteiger partial charge in [0.2, 0.25) is 5.82 Å². The number of nitrogens with two attached hydrogens (primary N) is 1. The molecule has 0 bridgehead atoms. The summed E-state index contributed by atoms with van der Waals surface area (Å²) in [6.07, 6.45) is 0. The first kappa shape index (κ1) is 12.9. The maximum atomic E-state index is 5.93. The summed E-state index contributed by atoms with van der Waals surface area (Å²) in [6.45, 7) is 3.71. The predicted molar refractivity (Wildman–Crippen MR) is 69.2 cm³/mol. The standard InChI is InChI=1S/C12H14ClN3O2/c1-12(2,17-3)11-15-10(18-16-11)7-4-8(13)6-9(14)5-7/h4-6H,14H2,1-3H3. The van der Waals surface area contributed by atoms with Gasteiger partial charge in [-0.2, -0.15) is 4.98 Å². The van der Waals surface area contributed by atoms with Crippen LogP contribution in [0.1, 0.15) is 19.7 Å². The smallest absolute Gasteiger partial charge is 0.258 e. The Bertz CT molecular complexity index is 546. The van der Waals surface area contributed by atoms with E-state index in [0.29, 0.717) is 28.0 Å². The third-order valence-corrected chi connectivity index (χ3v) is 2.86. The molecule has 0 aliphatic heterocycles. The number of rotatable bonds is 3. The second-order valence-corrected chi connectivity index (χ2v) is 4.85. The molecule has 0 spiro atoms. The van der Waals surface area contributed by atoms with Crippen LogP contribution in [-0.2, 0) is 10.3 Å². The Hall–Kier alpha value is -1.59. The molecule has 5 nitrogen and oxygen atoms in total. The van der Waals surface area contributed by atoms with Crippen LogP contribution in [0.5, 0.6) is 0 Å². The molecule has 2 aromatic rings. The van der Waals surface area contributed by atoms with Crippen molar-refractivity contribution in [3.8, 4) is 11.5 Å². The van der Waals surface area contributed by atoms with Gasteiger partial charge in [0.15, 0.2) is 0 Å². The number of anilines is 1.